The standard InChI is InChI=1S/C18H13ClN2O/c1-11-7-13(10-20)8-12(2)18(11)22-16-9-17(19)21-15-6-4-3-5-14(15)16/h3-9H,1-2H3. The molecule has 3 rings (SSSR count). The van der Waals surface area contributed by atoms with Crippen molar-refractivity contribution in [3.05, 3.63) is 64.3 Å². The number of hydrogen-bond acceptors (Lipinski definition) is 3. The highest BCUT2D eigenvalue weighted by molar-refractivity contribution is 6.30. The van der Waals surface area contributed by atoms with Gasteiger partial charge in [-0.1, -0.05) is 23.7 Å². The zero-order valence-electron chi connectivity index (χ0n) is 12.2. The van der Waals surface area contributed by atoms with Gasteiger partial charge < -0.3 is 4.74 Å². The summed E-state index contributed by atoms with van der Waals surface area (Å²) in [5.41, 5.74) is 3.23. The monoisotopic (exact) mass is 308 g/mol. The van der Waals surface area contributed by atoms with E-state index in [1.165, 1.54) is 0 Å². The Kier molecular flexibility index (Phi) is 3.70. The fourth-order valence-electron chi connectivity index (χ4n) is 2.48. The van der Waals surface area contributed by atoms with E-state index in [4.69, 9.17) is 21.6 Å². The van der Waals surface area contributed by atoms with Crippen molar-refractivity contribution >= 4 is 22.5 Å². The minimum absolute atomic E-state index is 0.387. The van der Waals surface area contributed by atoms with E-state index in [0.717, 1.165) is 27.8 Å². The van der Waals surface area contributed by atoms with Crippen molar-refractivity contribution in [3.63, 3.8) is 0 Å². The van der Waals surface area contributed by atoms with E-state index in [-0.39, 0.29) is 0 Å². The number of rotatable bonds is 2. The molecule has 0 amide bonds. The Morgan fingerprint density at radius 3 is 2.45 bits per heavy atom. The fraction of sp³-hybridized carbons (Fsp3) is 0.111. The van der Waals surface area contributed by atoms with Crippen molar-refractivity contribution < 1.29 is 4.74 Å². The summed E-state index contributed by atoms with van der Waals surface area (Å²) in [7, 11) is 0. The van der Waals surface area contributed by atoms with Crippen LogP contribution in [0.15, 0.2) is 42.5 Å². The third-order valence-electron chi connectivity index (χ3n) is 3.45. The lowest BCUT2D eigenvalue weighted by molar-refractivity contribution is 0.480. The van der Waals surface area contributed by atoms with Crippen LogP contribution in [0.3, 0.4) is 0 Å². The third-order valence-corrected chi connectivity index (χ3v) is 3.64. The Hall–Kier alpha value is -2.57. The Morgan fingerprint density at radius 1 is 1.09 bits per heavy atom. The maximum absolute atomic E-state index is 9.03. The molecule has 22 heavy (non-hydrogen) atoms. The summed E-state index contributed by atoms with van der Waals surface area (Å²) in [6, 6.07) is 15.2. The van der Waals surface area contributed by atoms with Gasteiger partial charge in [0.25, 0.3) is 0 Å². The summed E-state index contributed by atoms with van der Waals surface area (Å²) >= 11 is 6.08. The normalized spacial score (nSPS) is 10.5. The predicted molar refractivity (Wildman–Crippen MR) is 87.5 cm³/mol. The molecule has 2 aromatic carbocycles. The molecular weight excluding hydrogens is 296 g/mol. The van der Waals surface area contributed by atoms with Gasteiger partial charge in [-0.05, 0) is 49.2 Å². The number of pyridine rings is 1. The van der Waals surface area contributed by atoms with Gasteiger partial charge in [-0.25, -0.2) is 4.98 Å². The molecule has 108 valence electrons. The molecule has 3 nitrogen and oxygen atoms in total. The summed E-state index contributed by atoms with van der Waals surface area (Å²) in [4.78, 5) is 4.29. The number of fused-ring (bicyclic) bond motifs is 1. The molecule has 1 aromatic heterocycles. The SMILES string of the molecule is Cc1cc(C#N)cc(C)c1Oc1cc(Cl)nc2ccccc12. The Balaban J connectivity index is 2.13. The average molecular weight is 309 g/mol. The predicted octanol–water partition coefficient (Wildman–Crippen LogP) is 5.17. The minimum Gasteiger partial charge on any atom is -0.456 e. The second-order valence-electron chi connectivity index (χ2n) is 5.11. The number of halogens is 1. The Morgan fingerprint density at radius 2 is 1.77 bits per heavy atom. The first kappa shape index (κ1) is 14.4. The molecule has 3 aromatic rings. The van der Waals surface area contributed by atoms with Crippen LogP contribution in [0, 0.1) is 25.2 Å². The minimum atomic E-state index is 0.387. The third kappa shape index (κ3) is 2.61. The van der Waals surface area contributed by atoms with Gasteiger partial charge in [0.1, 0.15) is 16.7 Å². The van der Waals surface area contributed by atoms with Crippen LogP contribution in [0.2, 0.25) is 5.15 Å². The number of nitriles is 1. The summed E-state index contributed by atoms with van der Waals surface area (Å²) in [5.74, 6) is 1.40. The quantitative estimate of drug-likeness (QED) is 0.614. The molecule has 0 aliphatic carbocycles. The number of benzene rings is 2. The number of ether oxygens (including phenoxy) is 1. The molecule has 0 unspecified atom stereocenters. The molecular formula is C18H13ClN2O. The number of para-hydroxylation sites is 1. The molecule has 0 saturated carbocycles. The fourth-order valence-corrected chi connectivity index (χ4v) is 2.67. The van der Waals surface area contributed by atoms with Gasteiger partial charge in [-0.3, -0.25) is 0 Å². The van der Waals surface area contributed by atoms with Crippen molar-refractivity contribution in [2.45, 2.75) is 13.8 Å². The van der Waals surface area contributed by atoms with Gasteiger partial charge in [0.05, 0.1) is 17.1 Å². The second-order valence-corrected chi connectivity index (χ2v) is 5.50. The maximum Gasteiger partial charge on any atom is 0.139 e. The first-order valence-corrected chi connectivity index (χ1v) is 7.21. The highest BCUT2D eigenvalue weighted by Gasteiger charge is 2.11. The summed E-state index contributed by atoms with van der Waals surface area (Å²) < 4.78 is 6.10. The molecule has 0 bridgehead atoms. The van der Waals surface area contributed by atoms with Gasteiger partial charge in [0.15, 0.2) is 0 Å². The van der Waals surface area contributed by atoms with Gasteiger partial charge >= 0.3 is 0 Å². The Labute approximate surface area is 133 Å². The molecule has 0 aliphatic heterocycles. The molecule has 1 heterocycles. The van der Waals surface area contributed by atoms with Crippen LogP contribution in [-0.2, 0) is 0 Å². The number of nitrogens with zero attached hydrogens (tertiary/aromatic N) is 2. The molecule has 0 saturated heterocycles. The van der Waals surface area contributed by atoms with Crippen LogP contribution in [-0.4, -0.2) is 4.98 Å². The maximum atomic E-state index is 9.03. The summed E-state index contributed by atoms with van der Waals surface area (Å²) in [6.07, 6.45) is 0. The number of aromatic nitrogens is 1. The van der Waals surface area contributed by atoms with E-state index >= 15 is 0 Å². The molecule has 0 spiro atoms. The zero-order chi connectivity index (χ0) is 15.7. The van der Waals surface area contributed by atoms with E-state index in [9.17, 15) is 0 Å². The van der Waals surface area contributed by atoms with Crippen LogP contribution >= 0.6 is 11.6 Å². The molecule has 4 heteroatoms. The first-order chi connectivity index (χ1) is 10.6. The number of aryl methyl sites for hydroxylation is 2. The van der Waals surface area contributed by atoms with Crippen molar-refractivity contribution in [2.75, 3.05) is 0 Å². The topological polar surface area (TPSA) is 45.9 Å². The van der Waals surface area contributed by atoms with Crippen molar-refractivity contribution in [3.8, 4) is 17.6 Å². The van der Waals surface area contributed by atoms with Gasteiger partial charge in [0.2, 0.25) is 0 Å². The first-order valence-electron chi connectivity index (χ1n) is 6.83. The van der Waals surface area contributed by atoms with E-state index in [2.05, 4.69) is 11.1 Å². The lowest BCUT2D eigenvalue weighted by Crippen LogP contribution is -1.94. The second kappa shape index (κ2) is 5.67. The molecule has 0 radical (unpaired) electrons. The molecule has 0 atom stereocenters. The van der Waals surface area contributed by atoms with Gasteiger partial charge in [0, 0.05) is 11.5 Å². The molecule has 0 aliphatic rings. The van der Waals surface area contributed by atoms with Crippen molar-refractivity contribution in [1.82, 2.24) is 4.98 Å². The smallest absolute Gasteiger partial charge is 0.139 e. The highest BCUT2D eigenvalue weighted by atomic mass is 35.5. The summed E-state index contributed by atoms with van der Waals surface area (Å²) in [6.45, 7) is 3.85. The summed E-state index contributed by atoms with van der Waals surface area (Å²) in [5, 5.41) is 10.3. The van der Waals surface area contributed by atoms with Crippen LogP contribution in [0.5, 0.6) is 11.5 Å². The lowest BCUT2D eigenvalue weighted by atomic mass is 10.1. The molecule has 0 fully saturated rings. The van der Waals surface area contributed by atoms with E-state index in [1.54, 1.807) is 6.07 Å². The van der Waals surface area contributed by atoms with Gasteiger partial charge in [-0.2, -0.15) is 5.26 Å². The van der Waals surface area contributed by atoms with E-state index in [0.29, 0.717) is 16.5 Å². The van der Waals surface area contributed by atoms with Crippen LogP contribution in [0.1, 0.15) is 16.7 Å². The Bertz CT molecular complexity index is 890. The average Bonchev–Trinajstić information content (AvgIpc) is 2.50. The lowest BCUT2D eigenvalue weighted by Gasteiger charge is -2.14. The van der Waals surface area contributed by atoms with E-state index < -0.39 is 0 Å². The zero-order valence-corrected chi connectivity index (χ0v) is 13.0. The van der Waals surface area contributed by atoms with Crippen LogP contribution in [0.4, 0.5) is 0 Å². The van der Waals surface area contributed by atoms with Crippen molar-refractivity contribution in [2.24, 2.45) is 0 Å². The van der Waals surface area contributed by atoms with Crippen LogP contribution < -0.4 is 4.74 Å². The highest BCUT2D eigenvalue weighted by Crippen LogP contribution is 2.35. The van der Waals surface area contributed by atoms with Gasteiger partial charge in [-0.15, -0.1) is 0 Å². The largest absolute Gasteiger partial charge is 0.456 e. The molecule has 0 N–H and O–H groups in total. The van der Waals surface area contributed by atoms with Crippen LogP contribution in [0.25, 0.3) is 10.9 Å². The van der Waals surface area contributed by atoms with E-state index in [1.807, 2.05) is 50.2 Å². The number of hydrogen-bond donors (Lipinski definition) is 0. The van der Waals surface area contributed by atoms with Crippen molar-refractivity contribution in [1.29, 1.82) is 5.26 Å².